The monoisotopic (exact) mass is 567 g/mol. The summed E-state index contributed by atoms with van der Waals surface area (Å²) < 4.78 is 22.2. The molecule has 0 aromatic heterocycles. The summed E-state index contributed by atoms with van der Waals surface area (Å²) in [6, 6.07) is 11.5. The first-order valence-corrected chi connectivity index (χ1v) is 14.0. The number of hydrogen-bond acceptors (Lipinski definition) is 8. The predicted octanol–water partition coefficient (Wildman–Crippen LogP) is 5.77. The number of esters is 1. The molecule has 1 fully saturated rings. The minimum Gasteiger partial charge on any atom is -0.462 e. The highest BCUT2D eigenvalue weighted by atomic mass is 16.6. The minimum atomic E-state index is -0.757. The van der Waals surface area contributed by atoms with Gasteiger partial charge in [0, 0.05) is 13.1 Å². The number of anilines is 1. The maximum absolute atomic E-state index is 13.4. The number of morpholine rings is 1. The molecule has 4 rings (SSSR count). The van der Waals surface area contributed by atoms with Gasteiger partial charge < -0.3 is 23.8 Å². The number of rotatable bonds is 4. The summed E-state index contributed by atoms with van der Waals surface area (Å²) in [6.07, 6.45) is -1.27. The van der Waals surface area contributed by atoms with Gasteiger partial charge in [0.1, 0.15) is 11.2 Å². The quantitative estimate of drug-likeness (QED) is 0.339. The molecule has 0 aliphatic carbocycles. The summed E-state index contributed by atoms with van der Waals surface area (Å²) in [5, 5.41) is 2.61. The zero-order chi connectivity index (χ0) is 29.9. The maximum atomic E-state index is 13.4. The largest absolute Gasteiger partial charge is 0.462 e. The van der Waals surface area contributed by atoms with E-state index in [4.69, 9.17) is 18.9 Å². The highest BCUT2D eigenvalue weighted by molar-refractivity contribution is 5.97. The molecule has 0 N–H and O–H groups in total. The lowest BCUT2D eigenvalue weighted by molar-refractivity contribution is -0.0750. The van der Waals surface area contributed by atoms with Crippen molar-refractivity contribution < 1.29 is 33.3 Å². The highest BCUT2D eigenvalue weighted by Crippen LogP contribution is 2.36. The molecule has 0 bridgehead atoms. The number of carbonyl (C=O) groups excluding carboxylic acids is 3. The number of ether oxygens (including phenoxy) is 4. The standard InChI is InChI=1S/C31H41N3O7/c1-8-39-27(35)24-13-12-21(18-26(24)32-14-16-38-17-15-32)23-11-9-10-22-19-33(28(36)40-30(2,3)4)34(20-25(22)23)29(37)41-31(5,6)7/h9-13,18H,8,14-17,19-20H2,1-7H3. The summed E-state index contributed by atoms with van der Waals surface area (Å²) in [7, 11) is 0. The van der Waals surface area contributed by atoms with Gasteiger partial charge >= 0.3 is 18.2 Å². The number of hydrogen-bond donors (Lipinski definition) is 0. The Hall–Kier alpha value is -3.79. The van der Waals surface area contributed by atoms with Gasteiger partial charge in [0.05, 0.1) is 44.2 Å². The van der Waals surface area contributed by atoms with Gasteiger partial charge in [0.25, 0.3) is 0 Å². The topological polar surface area (TPSA) is 97.9 Å². The lowest BCUT2D eigenvalue weighted by Crippen LogP contribution is -2.54. The van der Waals surface area contributed by atoms with Crippen LogP contribution in [0.3, 0.4) is 0 Å². The summed E-state index contributed by atoms with van der Waals surface area (Å²) in [4.78, 5) is 41.6. The van der Waals surface area contributed by atoms with Crippen molar-refractivity contribution in [3.05, 3.63) is 53.1 Å². The molecule has 2 aromatic rings. The lowest BCUT2D eigenvalue weighted by Gasteiger charge is -2.40. The van der Waals surface area contributed by atoms with Crippen molar-refractivity contribution in [2.24, 2.45) is 0 Å². The van der Waals surface area contributed by atoms with E-state index in [9.17, 15) is 14.4 Å². The lowest BCUT2D eigenvalue weighted by atomic mass is 9.92. The fourth-order valence-corrected chi connectivity index (χ4v) is 4.82. The Morgan fingerprint density at radius 3 is 2.05 bits per heavy atom. The van der Waals surface area contributed by atoms with Gasteiger partial charge in [-0.25, -0.2) is 24.4 Å². The summed E-state index contributed by atoms with van der Waals surface area (Å²) in [6.45, 7) is 15.4. The number of hydrazine groups is 1. The van der Waals surface area contributed by atoms with Crippen LogP contribution in [0.25, 0.3) is 11.1 Å². The van der Waals surface area contributed by atoms with Crippen LogP contribution in [0.1, 0.15) is 70.0 Å². The fourth-order valence-electron chi connectivity index (χ4n) is 4.82. The highest BCUT2D eigenvalue weighted by Gasteiger charge is 2.37. The Bertz CT molecular complexity index is 1290. The van der Waals surface area contributed by atoms with Crippen molar-refractivity contribution in [1.82, 2.24) is 10.0 Å². The molecule has 2 aliphatic rings. The van der Waals surface area contributed by atoms with E-state index in [2.05, 4.69) is 4.90 Å². The zero-order valence-electron chi connectivity index (χ0n) is 25.1. The molecular formula is C31H41N3O7. The molecule has 2 heterocycles. The van der Waals surface area contributed by atoms with Crippen LogP contribution < -0.4 is 4.90 Å². The molecule has 222 valence electrons. The molecule has 0 unspecified atom stereocenters. The molecule has 2 amide bonds. The van der Waals surface area contributed by atoms with E-state index in [-0.39, 0.29) is 25.7 Å². The van der Waals surface area contributed by atoms with Gasteiger partial charge in [0.2, 0.25) is 0 Å². The van der Waals surface area contributed by atoms with E-state index in [1.807, 2.05) is 30.3 Å². The molecule has 2 aliphatic heterocycles. The van der Waals surface area contributed by atoms with Crippen LogP contribution in [0.4, 0.5) is 15.3 Å². The normalized spacial score (nSPS) is 15.7. The molecule has 0 saturated carbocycles. The van der Waals surface area contributed by atoms with Crippen LogP contribution in [0.2, 0.25) is 0 Å². The van der Waals surface area contributed by atoms with E-state index in [0.29, 0.717) is 31.9 Å². The number of fused-ring (bicyclic) bond motifs is 1. The average molecular weight is 568 g/mol. The van der Waals surface area contributed by atoms with E-state index in [0.717, 1.165) is 27.9 Å². The number of benzene rings is 2. The van der Waals surface area contributed by atoms with Crippen LogP contribution in [-0.4, -0.2) is 72.3 Å². The first-order chi connectivity index (χ1) is 19.3. The smallest absolute Gasteiger partial charge is 0.429 e. The van der Waals surface area contributed by atoms with Crippen LogP contribution in [0.5, 0.6) is 0 Å². The Morgan fingerprint density at radius 2 is 1.46 bits per heavy atom. The van der Waals surface area contributed by atoms with Gasteiger partial charge in [-0.15, -0.1) is 0 Å². The molecule has 0 atom stereocenters. The van der Waals surface area contributed by atoms with Gasteiger partial charge in [-0.05, 0) is 82.9 Å². The summed E-state index contributed by atoms with van der Waals surface area (Å²) >= 11 is 0. The van der Waals surface area contributed by atoms with Crippen LogP contribution in [0, 0.1) is 0 Å². The molecule has 10 heteroatoms. The third-order valence-corrected chi connectivity index (χ3v) is 6.56. The predicted molar refractivity (Wildman–Crippen MR) is 154 cm³/mol. The molecular weight excluding hydrogens is 526 g/mol. The van der Waals surface area contributed by atoms with Crippen molar-refractivity contribution in [2.75, 3.05) is 37.8 Å². The average Bonchev–Trinajstić information content (AvgIpc) is 2.90. The van der Waals surface area contributed by atoms with Gasteiger partial charge in [-0.1, -0.05) is 24.3 Å². The second kappa shape index (κ2) is 12.0. The number of nitrogens with zero attached hydrogens (tertiary/aromatic N) is 3. The first kappa shape index (κ1) is 30.2. The number of amides is 2. The van der Waals surface area contributed by atoms with E-state index in [1.54, 1.807) is 54.5 Å². The minimum absolute atomic E-state index is 0.103. The Kier molecular flexibility index (Phi) is 8.82. The van der Waals surface area contributed by atoms with Crippen LogP contribution in [-0.2, 0) is 32.0 Å². The van der Waals surface area contributed by atoms with Gasteiger partial charge in [-0.2, -0.15) is 0 Å². The van der Waals surface area contributed by atoms with E-state index >= 15 is 0 Å². The Balaban J connectivity index is 1.77. The van der Waals surface area contributed by atoms with Crippen molar-refractivity contribution in [1.29, 1.82) is 0 Å². The third-order valence-electron chi connectivity index (χ3n) is 6.56. The van der Waals surface area contributed by atoms with Crippen molar-refractivity contribution >= 4 is 23.8 Å². The van der Waals surface area contributed by atoms with Crippen LogP contribution in [0.15, 0.2) is 36.4 Å². The zero-order valence-corrected chi connectivity index (χ0v) is 25.1. The van der Waals surface area contributed by atoms with E-state index in [1.165, 1.54) is 10.0 Å². The van der Waals surface area contributed by atoms with Crippen molar-refractivity contribution in [2.45, 2.75) is 72.8 Å². The molecule has 41 heavy (non-hydrogen) atoms. The van der Waals surface area contributed by atoms with Crippen molar-refractivity contribution in [3.63, 3.8) is 0 Å². The number of carbonyl (C=O) groups is 3. The van der Waals surface area contributed by atoms with Gasteiger partial charge in [0.15, 0.2) is 0 Å². The SMILES string of the molecule is CCOC(=O)c1ccc(-c2cccc3c2CN(C(=O)OC(C)(C)C)N(C(=O)OC(C)(C)C)C3)cc1N1CCOCC1. The second-order valence-electron chi connectivity index (χ2n) is 12.1. The summed E-state index contributed by atoms with van der Waals surface area (Å²) in [5.74, 6) is -0.375. The van der Waals surface area contributed by atoms with E-state index < -0.39 is 23.4 Å². The molecule has 2 aromatic carbocycles. The second-order valence-corrected chi connectivity index (χ2v) is 12.1. The Labute approximate surface area is 242 Å². The fraction of sp³-hybridized carbons (Fsp3) is 0.516. The molecule has 0 radical (unpaired) electrons. The third kappa shape index (κ3) is 7.30. The van der Waals surface area contributed by atoms with Gasteiger partial charge in [-0.3, -0.25) is 0 Å². The molecule has 10 nitrogen and oxygen atoms in total. The van der Waals surface area contributed by atoms with Crippen LogP contribution >= 0.6 is 0 Å². The first-order valence-electron chi connectivity index (χ1n) is 14.0. The molecule has 0 spiro atoms. The molecule has 1 saturated heterocycles. The summed E-state index contributed by atoms with van der Waals surface area (Å²) in [5.41, 5.74) is 3.31. The maximum Gasteiger partial charge on any atom is 0.429 e. The Morgan fingerprint density at radius 1 is 0.854 bits per heavy atom. The van der Waals surface area contributed by atoms with Crippen molar-refractivity contribution in [3.8, 4) is 11.1 Å².